The first kappa shape index (κ1) is 29.9. The predicted molar refractivity (Wildman–Crippen MR) is 160 cm³/mol. The van der Waals surface area contributed by atoms with Crippen LogP contribution in [0.1, 0.15) is 67.4 Å². The van der Waals surface area contributed by atoms with Gasteiger partial charge in [-0.3, -0.25) is 0 Å². The van der Waals surface area contributed by atoms with Crippen LogP contribution in [0.2, 0.25) is 5.02 Å². The first-order valence-corrected chi connectivity index (χ1v) is 16.2. The van der Waals surface area contributed by atoms with Gasteiger partial charge in [0, 0.05) is 28.9 Å². The molecule has 1 aliphatic heterocycles. The van der Waals surface area contributed by atoms with Gasteiger partial charge in [-0.25, -0.2) is 18.4 Å². The summed E-state index contributed by atoms with van der Waals surface area (Å²) in [5.41, 5.74) is 2.71. The zero-order valence-corrected chi connectivity index (χ0v) is 25.1. The highest BCUT2D eigenvalue weighted by atomic mass is 35.5. The van der Waals surface area contributed by atoms with Crippen LogP contribution in [0.3, 0.4) is 0 Å². The summed E-state index contributed by atoms with van der Waals surface area (Å²) in [5.74, 6) is -0.207. The minimum Gasteiger partial charge on any atom is -0.490 e. The van der Waals surface area contributed by atoms with E-state index in [1.165, 1.54) is 11.1 Å². The van der Waals surface area contributed by atoms with E-state index < -0.39 is 32.8 Å². The van der Waals surface area contributed by atoms with E-state index in [2.05, 4.69) is 17.9 Å². The molecule has 4 N–H and O–H groups in total. The van der Waals surface area contributed by atoms with E-state index >= 15 is 0 Å². The number of aromatic carboxylic acids is 1. The topological polar surface area (TPSA) is 130 Å². The second kappa shape index (κ2) is 11.2. The Balaban J connectivity index is 1.45. The molecule has 2 aromatic rings. The van der Waals surface area contributed by atoms with Crippen LogP contribution in [-0.2, 0) is 21.9 Å². The third-order valence-electron chi connectivity index (χ3n) is 9.71. The zero-order valence-electron chi connectivity index (χ0n) is 23.6. The number of allylic oxidation sites excluding steroid dienone is 1. The first-order chi connectivity index (χ1) is 19.3. The molecule has 1 heterocycles. The maximum absolute atomic E-state index is 11.9. The molecule has 10 heteroatoms. The van der Waals surface area contributed by atoms with Crippen molar-refractivity contribution in [3.05, 3.63) is 70.3 Å². The van der Waals surface area contributed by atoms with E-state index in [9.17, 15) is 23.4 Å². The van der Waals surface area contributed by atoms with E-state index in [-0.39, 0.29) is 23.3 Å². The highest BCUT2D eigenvalue weighted by Gasteiger charge is 2.49. The number of nitrogens with two attached hydrogens (primary N) is 1. The van der Waals surface area contributed by atoms with Gasteiger partial charge in [-0.1, -0.05) is 36.7 Å². The Morgan fingerprint density at radius 1 is 1.27 bits per heavy atom. The summed E-state index contributed by atoms with van der Waals surface area (Å²) < 4.78 is 29.6. The second-order valence-electron chi connectivity index (χ2n) is 12.3. The molecule has 2 aliphatic carbocycles. The molecule has 0 aromatic heterocycles. The number of aliphatic hydroxyl groups excluding tert-OH is 1. The third kappa shape index (κ3) is 5.87. The highest BCUT2D eigenvalue weighted by Crippen LogP contribution is 2.52. The number of carboxylic acid groups (broad SMARTS) is 1. The number of hydrogen-bond donors (Lipinski definition) is 3. The number of aryl methyl sites for hydroxylation is 1. The SMILES string of the molecule is C[C@H](C/C=C/[C@H](O)[C@]1(C)CC[C@H]1CN1CC2(CCCc3cc(Cl)ccc32)COc2ccc(C(=O)O)cc21)S(N)(=O)=O. The van der Waals surface area contributed by atoms with E-state index in [1.807, 2.05) is 12.1 Å². The van der Waals surface area contributed by atoms with Crippen molar-refractivity contribution in [1.82, 2.24) is 0 Å². The number of anilines is 1. The van der Waals surface area contributed by atoms with Crippen LogP contribution < -0.4 is 14.8 Å². The van der Waals surface area contributed by atoms with Crippen LogP contribution in [0, 0.1) is 11.3 Å². The van der Waals surface area contributed by atoms with Crippen molar-refractivity contribution in [3.63, 3.8) is 0 Å². The van der Waals surface area contributed by atoms with Crippen molar-refractivity contribution in [2.45, 2.75) is 69.1 Å². The number of hydrogen-bond acceptors (Lipinski definition) is 6. The molecule has 41 heavy (non-hydrogen) atoms. The van der Waals surface area contributed by atoms with Crippen LogP contribution in [0.5, 0.6) is 5.75 Å². The summed E-state index contributed by atoms with van der Waals surface area (Å²) in [6.45, 7) is 5.38. The Hall–Kier alpha value is -2.59. The molecule has 0 amide bonds. The largest absolute Gasteiger partial charge is 0.490 e. The van der Waals surface area contributed by atoms with Crippen molar-refractivity contribution in [2.75, 3.05) is 24.6 Å². The molecule has 5 atom stereocenters. The van der Waals surface area contributed by atoms with Gasteiger partial charge in [0.1, 0.15) is 5.75 Å². The van der Waals surface area contributed by atoms with Gasteiger partial charge in [-0.05, 0) is 92.8 Å². The lowest BCUT2D eigenvalue weighted by molar-refractivity contribution is -0.0469. The summed E-state index contributed by atoms with van der Waals surface area (Å²) in [6.07, 6.45) is 7.51. The van der Waals surface area contributed by atoms with Gasteiger partial charge in [0.05, 0.1) is 29.2 Å². The number of carboxylic acids is 1. The van der Waals surface area contributed by atoms with Crippen molar-refractivity contribution in [1.29, 1.82) is 0 Å². The Bertz CT molecular complexity index is 1460. The van der Waals surface area contributed by atoms with Gasteiger partial charge < -0.3 is 19.8 Å². The second-order valence-corrected chi connectivity index (χ2v) is 14.8. The normalized spacial score (nSPS) is 27.3. The lowest BCUT2D eigenvalue weighted by atomic mass is 9.58. The van der Waals surface area contributed by atoms with E-state index in [4.69, 9.17) is 21.5 Å². The lowest BCUT2D eigenvalue weighted by Crippen LogP contribution is -2.53. The number of rotatable bonds is 8. The average molecular weight is 603 g/mol. The monoisotopic (exact) mass is 602 g/mol. The number of halogens is 1. The van der Waals surface area contributed by atoms with Gasteiger partial charge >= 0.3 is 5.97 Å². The fourth-order valence-electron chi connectivity index (χ4n) is 6.76. The van der Waals surface area contributed by atoms with E-state index in [0.29, 0.717) is 30.5 Å². The smallest absolute Gasteiger partial charge is 0.335 e. The summed E-state index contributed by atoms with van der Waals surface area (Å²) in [4.78, 5) is 14.2. The van der Waals surface area contributed by atoms with Crippen LogP contribution in [0.4, 0.5) is 5.69 Å². The number of aliphatic hydroxyl groups is 1. The fourth-order valence-corrected chi connectivity index (χ4v) is 7.33. The Morgan fingerprint density at radius 2 is 2.05 bits per heavy atom. The molecule has 2 aromatic carbocycles. The molecule has 1 spiro atoms. The number of carbonyl (C=O) groups is 1. The molecule has 5 rings (SSSR count). The molecule has 1 fully saturated rings. The molecule has 222 valence electrons. The number of nitrogens with zero attached hydrogens (tertiary/aromatic N) is 1. The first-order valence-electron chi connectivity index (χ1n) is 14.2. The van der Waals surface area contributed by atoms with Crippen LogP contribution in [0.25, 0.3) is 0 Å². The van der Waals surface area contributed by atoms with Gasteiger partial charge in [0.15, 0.2) is 0 Å². The molecule has 1 unspecified atom stereocenters. The van der Waals surface area contributed by atoms with Gasteiger partial charge in [-0.15, -0.1) is 0 Å². The number of sulfonamides is 1. The molecule has 0 bridgehead atoms. The van der Waals surface area contributed by atoms with E-state index in [0.717, 1.165) is 37.8 Å². The molecule has 8 nitrogen and oxygen atoms in total. The quantitative estimate of drug-likeness (QED) is 0.366. The maximum Gasteiger partial charge on any atom is 0.335 e. The number of fused-ring (bicyclic) bond motifs is 3. The van der Waals surface area contributed by atoms with Gasteiger partial charge in [0.2, 0.25) is 10.0 Å². The highest BCUT2D eigenvalue weighted by molar-refractivity contribution is 7.89. The molecular formula is C31H39ClN2O6S. The van der Waals surface area contributed by atoms with Gasteiger partial charge in [0.25, 0.3) is 0 Å². The molecular weight excluding hydrogens is 564 g/mol. The van der Waals surface area contributed by atoms with Crippen LogP contribution in [-0.4, -0.2) is 55.7 Å². The van der Waals surface area contributed by atoms with Crippen molar-refractivity contribution in [3.8, 4) is 5.75 Å². The third-order valence-corrected chi connectivity index (χ3v) is 11.3. The van der Waals surface area contributed by atoms with Crippen molar-refractivity contribution >= 4 is 33.3 Å². The maximum atomic E-state index is 11.9. The average Bonchev–Trinajstić information content (AvgIpc) is 3.06. The number of primary sulfonamides is 1. The Labute approximate surface area is 247 Å². The minimum absolute atomic E-state index is 0.127. The van der Waals surface area contributed by atoms with Crippen molar-refractivity contribution in [2.24, 2.45) is 16.5 Å². The summed E-state index contributed by atoms with van der Waals surface area (Å²) >= 11 is 6.35. The summed E-state index contributed by atoms with van der Waals surface area (Å²) in [5, 5.41) is 26.2. The molecule has 3 aliphatic rings. The van der Waals surface area contributed by atoms with Crippen LogP contribution in [0.15, 0.2) is 48.6 Å². The number of benzene rings is 2. The number of ether oxygens (including phenoxy) is 1. The summed E-state index contributed by atoms with van der Waals surface area (Å²) in [7, 11) is -3.64. The Kier molecular flexibility index (Phi) is 8.20. The van der Waals surface area contributed by atoms with E-state index in [1.54, 1.807) is 37.3 Å². The summed E-state index contributed by atoms with van der Waals surface area (Å²) in [6, 6.07) is 11.1. The molecule has 0 saturated heterocycles. The zero-order chi connectivity index (χ0) is 29.6. The molecule has 0 radical (unpaired) electrons. The minimum atomic E-state index is -3.64. The predicted octanol–water partition coefficient (Wildman–Crippen LogP) is 4.91. The van der Waals surface area contributed by atoms with Crippen LogP contribution >= 0.6 is 11.6 Å². The molecule has 1 saturated carbocycles. The standard InChI is InChI=1S/C31H39ClN2O6S/c1-20(41(33,38)39)5-3-7-28(35)30(2)14-12-23(30)17-34-18-31(13-4-6-21-15-24(32)9-10-25(21)31)19-40-27-11-8-22(29(36)37)16-26(27)34/h3,7-11,15-16,20,23,28,35H,4-6,12-14,17-19H2,1-2H3,(H,36,37)(H2,33,38,39)/b7-3+/t20-,23+,28+,30-,31?/m1/s1. The van der Waals surface area contributed by atoms with Crippen molar-refractivity contribution < 1.29 is 28.2 Å². The Morgan fingerprint density at radius 3 is 2.73 bits per heavy atom. The van der Waals surface area contributed by atoms with Gasteiger partial charge in [-0.2, -0.15) is 0 Å². The lowest BCUT2D eigenvalue weighted by Gasteiger charge is -2.52. The fraction of sp³-hybridized carbons (Fsp3) is 0.516.